The zero-order valence-corrected chi connectivity index (χ0v) is 22.7. The number of hydrogen-bond donors (Lipinski definition) is 1. The molecule has 5 rings (SSSR count). The van der Waals surface area contributed by atoms with Gasteiger partial charge in [-0.25, -0.2) is 30.7 Å². The second kappa shape index (κ2) is 10.2. The van der Waals surface area contributed by atoms with E-state index in [0.29, 0.717) is 0 Å². The third-order valence-electron chi connectivity index (χ3n) is 7.29. The van der Waals surface area contributed by atoms with Gasteiger partial charge in [0.1, 0.15) is 11.5 Å². The number of nitrogens with one attached hydrogen (secondary N) is 1. The van der Waals surface area contributed by atoms with Crippen LogP contribution in [0.4, 0.5) is 17.6 Å². The molecule has 2 atom stereocenters. The van der Waals surface area contributed by atoms with Gasteiger partial charge in [-0.1, -0.05) is 36.4 Å². The van der Waals surface area contributed by atoms with Crippen molar-refractivity contribution in [2.24, 2.45) is 0 Å². The van der Waals surface area contributed by atoms with Gasteiger partial charge in [-0.05, 0) is 37.5 Å². The van der Waals surface area contributed by atoms with Gasteiger partial charge >= 0.3 is 5.97 Å². The monoisotopic (exact) mass is 570 g/mol. The van der Waals surface area contributed by atoms with Gasteiger partial charge in [0.15, 0.2) is 5.60 Å². The van der Waals surface area contributed by atoms with Gasteiger partial charge in [-0.2, -0.15) is 0 Å². The Balaban J connectivity index is 1.77. The van der Waals surface area contributed by atoms with Crippen molar-refractivity contribution in [2.45, 2.75) is 75.9 Å². The summed E-state index contributed by atoms with van der Waals surface area (Å²) in [6, 6.07) is 6.40. The van der Waals surface area contributed by atoms with Crippen LogP contribution in [0.1, 0.15) is 51.2 Å². The first kappa shape index (κ1) is 29.0. The number of halogens is 4. The molecular formula is C27H30F4N2O5S. The molecule has 0 aromatic heterocycles. The third kappa shape index (κ3) is 5.81. The molecule has 1 N–H and O–H groups in total. The first-order valence-electron chi connectivity index (χ1n) is 12.4. The van der Waals surface area contributed by atoms with E-state index in [9.17, 15) is 26.8 Å². The van der Waals surface area contributed by atoms with E-state index in [1.54, 1.807) is 0 Å². The van der Waals surface area contributed by atoms with Crippen molar-refractivity contribution in [1.82, 2.24) is 9.62 Å². The number of carbonyl (C=O) groups excluding carboxylic acids is 2. The Hall–Kier alpha value is -2.99. The van der Waals surface area contributed by atoms with Crippen molar-refractivity contribution in [2.75, 3.05) is 6.26 Å². The van der Waals surface area contributed by atoms with E-state index in [2.05, 4.69) is 4.72 Å². The van der Waals surface area contributed by atoms with Crippen LogP contribution in [0.15, 0.2) is 42.5 Å². The van der Waals surface area contributed by atoms with Gasteiger partial charge in [0, 0.05) is 36.9 Å². The molecule has 2 heterocycles. The van der Waals surface area contributed by atoms with E-state index in [-0.39, 0.29) is 41.5 Å². The van der Waals surface area contributed by atoms with Crippen molar-refractivity contribution in [3.63, 3.8) is 0 Å². The maximum absolute atomic E-state index is 15.9. The fourth-order valence-electron chi connectivity index (χ4n) is 5.64. The van der Waals surface area contributed by atoms with E-state index < -0.39 is 63.5 Å². The number of sulfonamides is 1. The minimum atomic E-state index is -3.95. The van der Waals surface area contributed by atoms with Crippen LogP contribution in [0, 0.1) is 5.82 Å². The summed E-state index contributed by atoms with van der Waals surface area (Å²) in [6.07, 6.45) is -2.45. The molecule has 212 valence electrons. The van der Waals surface area contributed by atoms with E-state index in [1.165, 1.54) is 61.2 Å². The van der Waals surface area contributed by atoms with E-state index in [0.717, 1.165) is 13.2 Å². The summed E-state index contributed by atoms with van der Waals surface area (Å²) in [5, 5.41) is 0. The molecule has 3 aliphatic rings. The van der Waals surface area contributed by atoms with E-state index >= 15 is 8.78 Å². The highest BCUT2D eigenvalue weighted by atomic mass is 32.2. The minimum absolute atomic E-state index is 0.0247. The highest BCUT2D eigenvalue weighted by Crippen LogP contribution is 2.51. The zero-order chi connectivity index (χ0) is 28.9. The lowest BCUT2D eigenvalue weighted by Crippen LogP contribution is -2.78. The molecule has 2 bridgehead atoms. The Bertz CT molecular complexity index is 1390. The number of alkyl halides is 3. The quantitative estimate of drug-likeness (QED) is 0.377. The molecule has 3 fully saturated rings. The largest absolute Gasteiger partial charge is 0.450 e. The van der Waals surface area contributed by atoms with Gasteiger partial charge < -0.3 is 9.64 Å². The molecule has 2 aromatic carbocycles. The van der Waals surface area contributed by atoms with Gasteiger partial charge in [0.2, 0.25) is 10.0 Å². The van der Waals surface area contributed by atoms with Crippen LogP contribution in [0.3, 0.4) is 0 Å². The lowest BCUT2D eigenvalue weighted by atomic mass is 9.64. The Labute approximate surface area is 224 Å². The van der Waals surface area contributed by atoms with Crippen LogP contribution in [0.25, 0.3) is 11.1 Å². The second-order valence-electron chi connectivity index (χ2n) is 10.8. The number of esters is 1. The molecule has 0 radical (unpaired) electrons. The highest BCUT2D eigenvalue weighted by molar-refractivity contribution is 7.88. The number of benzene rings is 2. The average molecular weight is 571 g/mol. The number of amides is 1. The fourth-order valence-corrected chi connectivity index (χ4v) is 6.47. The van der Waals surface area contributed by atoms with Crippen molar-refractivity contribution in [3.05, 3.63) is 59.4 Å². The summed E-state index contributed by atoms with van der Waals surface area (Å²) in [5.74, 6) is -2.15. The Morgan fingerprint density at radius 3 is 2.41 bits per heavy atom. The van der Waals surface area contributed by atoms with Gasteiger partial charge in [0.05, 0.1) is 18.3 Å². The maximum atomic E-state index is 15.9. The zero-order valence-electron chi connectivity index (χ0n) is 21.9. The summed E-state index contributed by atoms with van der Waals surface area (Å²) in [7, 11) is -3.95. The number of nitrogens with zero attached hydrogens (tertiary/aromatic N) is 1. The first-order chi connectivity index (χ1) is 18.0. The standard InChI is InChI=1S/C27H30F4N2O5S/c1-15(34)38-26(2,3)25(35)33-19-13-27(31,14-19)23(32-39(4,36)37)21(33)12-17-8-6-10-20(22(17)28)16-7-5-9-18(11-16)24(29)30/h5-11,19,21,23-24,32H,12-14H2,1-4H3/t19?,21-,23+,27?/m0/s1. The van der Waals surface area contributed by atoms with Crippen molar-refractivity contribution in [3.8, 4) is 11.1 Å². The molecular weight excluding hydrogens is 540 g/mol. The Morgan fingerprint density at radius 1 is 1.18 bits per heavy atom. The normalized spacial score (nSPS) is 24.8. The highest BCUT2D eigenvalue weighted by Gasteiger charge is 2.64. The number of piperidine rings is 2. The predicted molar refractivity (Wildman–Crippen MR) is 136 cm³/mol. The molecule has 2 saturated heterocycles. The van der Waals surface area contributed by atoms with Crippen LogP contribution in [0.2, 0.25) is 0 Å². The number of fused-ring (bicyclic) bond motifs is 2. The lowest BCUT2D eigenvalue weighted by molar-refractivity contribution is -0.189. The van der Waals surface area contributed by atoms with Crippen molar-refractivity contribution >= 4 is 21.9 Å². The number of rotatable bonds is 8. The summed E-state index contributed by atoms with van der Waals surface area (Å²) >= 11 is 0. The fraction of sp³-hybridized carbons (Fsp3) is 0.481. The minimum Gasteiger partial charge on any atom is -0.450 e. The molecule has 0 unspecified atom stereocenters. The molecule has 2 aromatic rings. The van der Waals surface area contributed by atoms with Crippen LogP contribution >= 0.6 is 0 Å². The van der Waals surface area contributed by atoms with E-state index in [4.69, 9.17) is 4.74 Å². The van der Waals surface area contributed by atoms with Crippen molar-refractivity contribution in [1.29, 1.82) is 0 Å². The molecule has 0 spiro atoms. The lowest BCUT2D eigenvalue weighted by Gasteiger charge is -2.61. The van der Waals surface area contributed by atoms with E-state index in [1.807, 2.05) is 0 Å². The topological polar surface area (TPSA) is 92.8 Å². The molecule has 7 nitrogen and oxygen atoms in total. The molecule has 1 saturated carbocycles. The third-order valence-corrected chi connectivity index (χ3v) is 7.97. The van der Waals surface area contributed by atoms with Crippen LogP contribution in [-0.4, -0.2) is 60.8 Å². The summed E-state index contributed by atoms with van der Waals surface area (Å²) < 4.78 is 90.2. The summed E-state index contributed by atoms with van der Waals surface area (Å²) in [6.45, 7) is 3.89. The van der Waals surface area contributed by atoms with Crippen molar-refractivity contribution < 1.29 is 40.3 Å². The van der Waals surface area contributed by atoms with Crippen LogP contribution < -0.4 is 4.72 Å². The van der Waals surface area contributed by atoms with Crippen LogP contribution in [0.5, 0.6) is 0 Å². The van der Waals surface area contributed by atoms with Gasteiger partial charge in [-0.15, -0.1) is 0 Å². The first-order valence-corrected chi connectivity index (χ1v) is 14.3. The molecule has 39 heavy (non-hydrogen) atoms. The molecule has 12 heteroatoms. The predicted octanol–water partition coefficient (Wildman–Crippen LogP) is 4.31. The molecule has 1 aliphatic carbocycles. The SMILES string of the molecule is CC(=O)OC(C)(C)C(=O)N1C2CC(F)(C2)[C@H](NS(C)(=O)=O)[C@@H]1Cc1cccc(-c2cccc(C(F)F)c2)c1F. The molecule has 1 amide bonds. The number of carbonyl (C=O) groups is 2. The summed E-state index contributed by atoms with van der Waals surface area (Å²) in [5.41, 5.74) is -3.64. The number of hydrogen-bond acceptors (Lipinski definition) is 5. The van der Waals surface area contributed by atoms with Gasteiger partial charge in [-0.3, -0.25) is 9.59 Å². The van der Waals surface area contributed by atoms with Gasteiger partial charge in [0.25, 0.3) is 12.3 Å². The maximum Gasteiger partial charge on any atom is 0.303 e. The summed E-state index contributed by atoms with van der Waals surface area (Å²) in [4.78, 5) is 26.6. The Kier molecular flexibility index (Phi) is 7.59. The molecule has 2 aliphatic heterocycles. The van der Waals surface area contributed by atoms with Crippen LogP contribution in [-0.2, 0) is 30.8 Å². The Morgan fingerprint density at radius 2 is 1.82 bits per heavy atom. The smallest absolute Gasteiger partial charge is 0.303 e. The second-order valence-corrected chi connectivity index (χ2v) is 12.5. The number of ether oxygens (including phenoxy) is 1. The average Bonchev–Trinajstić information content (AvgIpc) is 2.79.